The third kappa shape index (κ3) is 5.88. The summed E-state index contributed by atoms with van der Waals surface area (Å²) in [6, 6.07) is 10.6. The number of hydrogen-bond acceptors (Lipinski definition) is 2. The van der Waals surface area contributed by atoms with E-state index in [0.29, 0.717) is 11.7 Å². The van der Waals surface area contributed by atoms with Crippen LogP contribution >= 0.6 is 24.0 Å². The highest BCUT2D eigenvalue weighted by Gasteiger charge is 2.22. The van der Waals surface area contributed by atoms with Crippen molar-refractivity contribution in [1.82, 2.24) is 19.8 Å². The topological polar surface area (TPSA) is 45.5 Å². The lowest BCUT2D eigenvalue weighted by Crippen LogP contribution is -2.45. The van der Waals surface area contributed by atoms with Gasteiger partial charge in [0.05, 0.1) is 6.54 Å². The summed E-state index contributed by atoms with van der Waals surface area (Å²) in [5.74, 6) is 1.72. The molecule has 1 aromatic heterocycles. The molecule has 148 valence electrons. The number of likely N-dealkylation sites (tertiary alicyclic amines) is 1. The predicted molar refractivity (Wildman–Crippen MR) is 114 cm³/mol. The second-order valence-corrected chi connectivity index (χ2v) is 6.55. The number of aliphatic imine (C=N–C) groups is 1. The van der Waals surface area contributed by atoms with E-state index in [1.54, 1.807) is 7.05 Å². The molecule has 1 aliphatic rings. The zero-order valence-corrected chi connectivity index (χ0v) is 17.7. The first kappa shape index (κ1) is 21.6. The normalized spacial score (nSPS) is 15.7. The van der Waals surface area contributed by atoms with Gasteiger partial charge in [-0.15, -0.1) is 24.0 Å². The molecular formula is C19H26F2IN5. The summed E-state index contributed by atoms with van der Waals surface area (Å²) in [5.41, 5.74) is 1.38. The van der Waals surface area contributed by atoms with E-state index >= 15 is 0 Å². The highest BCUT2D eigenvalue weighted by molar-refractivity contribution is 14.0. The first-order chi connectivity index (χ1) is 12.7. The summed E-state index contributed by atoms with van der Waals surface area (Å²) in [6.07, 6.45) is 5.98. The van der Waals surface area contributed by atoms with E-state index in [1.165, 1.54) is 18.0 Å². The van der Waals surface area contributed by atoms with Crippen molar-refractivity contribution in [2.75, 3.05) is 20.1 Å². The molecule has 0 saturated carbocycles. The molecule has 0 radical (unpaired) electrons. The molecule has 1 aromatic carbocycles. The molecule has 2 aromatic rings. The molecular weight excluding hydrogens is 463 g/mol. The minimum Gasteiger partial charge on any atom is -0.349 e. The molecule has 3 rings (SSSR count). The Morgan fingerprint density at radius 2 is 1.96 bits per heavy atom. The van der Waals surface area contributed by atoms with Crippen molar-refractivity contribution in [2.45, 2.75) is 32.4 Å². The van der Waals surface area contributed by atoms with Gasteiger partial charge in [0, 0.05) is 32.5 Å². The number of imidazole rings is 1. The van der Waals surface area contributed by atoms with Crippen LogP contribution in [0.1, 0.15) is 30.8 Å². The number of alkyl halides is 2. The van der Waals surface area contributed by atoms with Crippen molar-refractivity contribution in [3.63, 3.8) is 0 Å². The van der Waals surface area contributed by atoms with Gasteiger partial charge >= 0.3 is 6.55 Å². The second-order valence-electron chi connectivity index (χ2n) is 6.55. The highest BCUT2D eigenvalue weighted by atomic mass is 127. The molecule has 0 aliphatic carbocycles. The van der Waals surface area contributed by atoms with Crippen LogP contribution in [0.25, 0.3) is 0 Å². The second kappa shape index (κ2) is 10.6. The van der Waals surface area contributed by atoms with Gasteiger partial charge in [0.15, 0.2) is 5.96 Å². The van der Waals surface area contributed by atoms with Crippen LogP contribution < -0.4 is 5.32 Å². The number of guanidine groups is 1. The molecule has 1 aliphatic heterocycles. The molecule has 1 N–H and O–H groups in total. The Labute approximate surface area is 175 Å². The molecule has 0 spiro atoms. The summed E-state index contributed by atoms with van der Waals surface area (Å²) in [4.78, 5) is 10.5. The molecule has 2 heterocycles. The van der Waals surface area contributed by atoms with Crippen LogP contribution in [0.15, 0.2) is 47.7 Å². The average molecular weight is 489 g/mol. The smallest absolute Gasteiger partial charge is 0.319 e. The third-order valence-electron chi connectivity index (χ3n) is 4.86. The van der Waals surface area contributed by atoms with Crippen LogP contribution in [0, 0.1) is 5.92 Å². The minimum absolute atomic E-state index is 0. The summed E-state index contributed by atoms with van der Waals surface area (Å²) < 4.78 is 26.7. The van der Waals surface area contributed by atoms with E-state index in [2.05, 4.69) is 44.5 Å². The summed E-state index contributed by atoms with van der Waals surface area (Å²) >= 11 is 0. The first-order valence-corrected chi connectivity index (χ1v) is 8.96. The van der Waals surface area contributed by atoms with Crippen molar-refractivity contribution in [1.29, 1.82) is 0 Å². The van der Waals surface area contributed by atoms with Gasteiger partial charge in [0.1, 0.15) is 5.82 Å². The Bertz CT molecular complexity index is 712. The predicted octanol–water partition coefficient (Wildman–Crippen LogP) is 3.93. The van der Waals surface area contributed by atoms with Gasteiger partial charge in [-0.25, -0.2) is 4.98 Å². The molecule has 1 fully saturated rings. The standard InChI is InChI=1S/C19H25F2N5.HI/c1-22-19(24-14-17-23-9-12-26(17)18(20)21)25-10-7-16(8-11-25)13-15-5-3-2-4-6-15;/h2-6,9,12,16,18H,7-8,10-11,13-14H2,1H3,(H,22,24);1H. The Hall–Kier alpha value is -1.71. The van der Waals surface area contributed by atoms with Crippen LogP contribution in [0.5, 0.6) is 0 Å². The van der Waals surface area contributed by atoms with E-state index in [-0.39, 0.29) is 30.5 Å². The van der Waals surface area contributed by atoms with Crippen LogP contribution in [0.4, 0.5) is 8.78 Å². The molecule has 27 heavy (non-hydrogen) atoms. The number of halogens is 3. The van der Waals surface area contributed by atoms with Gasteiger partial charge < -0.3 is 10.2 Å². The molecule has 8 heteroatoms. The Morgan fingerprint density at radius 1 is 1.26 bits per heavy atom. The SMILES string of the molecule is CN=C(NCc1nccn1C(F)F)N1CCC(Cc2ccccc2)CC1.I. The van der Waals surface area contributed by atoms with Crippen molar-refractivity contribution in [3.8, 4) is 0 Å². The molecule has 5 nitrogen and oxygen atoms in total. The van der Waals surface area contributed by atoms with Crippen LogP contribution in [0.2, 0.25) is 0 Å². The number of benzene rings is 1. The Kier molecular flexibility index (Phi) is 8.46. The fourth-order valence-electron chi connectivity index (χ4n) is 3.45. The van der Waals surface area contributed by atoms with Crippen LogP contribution in [0.3, 0.4) is 0 Å². The molecule has 0 amide bonds. The van der Waals surface area contributed by atoms with Crippen molar-refractivity contribution >= 4 is 29.9 Å². The lowest BCUT2D eigenvalue weighted by atomic mass is 9.90. The van der Waals surface area contributed by atoms with Gasteiger partial charge in [-0.2, -0.15) is 8.78 Å². The molecule has 1 saturated heterocycles. The maximum atomic E-state index is 12.9. The van der Waals surface area contributed by atoms with Crippen molar-refractivity contribution in [3.05, 3.63) is 54.1 Å². The molecule has 0 bridgehead atoms. The number of hydrogen-bond donors (Lipinski definition) is 1. The van der Waals surface area contributed by atoms with E-state index in [0.717, 1.165) is 42.9 Å². The maximum absolute atomic E-state index is 12.9. The van der Waals surface area contributed by atoms with Gasteiger partial charge in [-0.1, -0.05) is 30.3 Å². The quantitative estimate of drug-likeness (QED) is 0.394. The number of piperidine rings is 1. The van der Waals surface area contributed by atoms with Gasteiger partial charge in [0.2, 0.25) is 0 Å². The van der Waals surface area contributed by atoms with Gasteiger partial charge in [0.25, 0.3) is 0 Å². The Balaban J connectivity index is 0.00000261. The van der Waals surface area contributed by atoms with E-state index in [1.807, 2.05) is 6.07 Å². The maximum Gasteiger partial charge on any atom is 0.319 e. The fourth-order valence-corrected chi connectivity index (χ4v) is 3.45. The van der Waals surface area contributed by atoms with Crippen molar-refractivity contribution in [2.24, 2.45) is 10.9 Å². The largest absolute Gasteiger partial charge is 0.349 e. The minimum atomic E-state index is -2.58. The zero-order valence-electron chi connectivity index (χ0n) is 15.4. The molecule has 0 unspecified atom stereocenters. The number of aromatic nitrogens is 2. The average Bonchev–Trinajstić information content (AvgIpc) is 3.13. The lowest BCUT2D eigenvalue weighted by molar-refractivity contribution is 0.0668. The van der Waals surface area contributed by atoms with E-state index in [4.69, 9.17) is 0 Å². The van der Waals surface area contributed by atoms with Crippen molar-refractivity contribution < 1.29 is 8.78 Å². The first-order valence-electron chi connectivity index (χ1n) is 8.96. The van der Waals surface area contributed by atoms with Gasteiger partial charge in [-0.05, 0) is 30.7 Å². The van der Waals surface area contributed by atoms with Crippen LogP contribution in [-0.4, -0.2) is 40.5 Å². The highest BCUT2D eigenvalue weighted by Crippen LogP contribution is 2.21. The number of nitrogens with one attached hydrogen (secondary N) is 1. The molecule has 0 atom stereocenters. The number of nitrogens with zero attached hydrogens (tertiary/aromatic N) is 4. The van der Waals surface area contributed by atoms with Crippen LogP contribution in [-0.2, 0) is 13.0 Å². The summed E-state index contributed by atoms with van der Waals surface area (Å²) in [7, 11) is 1.72. The van der Waals surface area contributed by atoms with E-state index in [9.17, 15) is 8.78 Å². The van der Waals surface area contributed by atoms with Gasteiger partial charge in [-0.3, -0.25) is 9.56 Å². The monoisotopic (exact) mass is 489 g/mol. The Morgan fingerprint density at radius 3 is 2.59 bits per heavy atom. The fraction of sp³-hybridized carbons (Fsp3) is 0.474. The third-order valence-corrected chi connectivity index (χ3v) is 4.86. The summed E-state index contributed by atoms with van der Waals surface area (Å²) in [5, 5.41) is 3.16. The summed E-state index contributed by atoms with van der Waals surface area (Å²) in [6.45, 7) is -0.514. The van der Waals surface area contributed by atoms with E-state index < -0.39 is 6.55 Å². The zero-order chi connectivity index (χ0) is 18.4. The lowest BCUT2D eigenvalue weighted by Gasteiger charge is -2.34. The number of rotatable bonds is 5.